The molecule has 1 aromatic carbocycles. The summed E-state index contributed by atoms with van der Waals surface area (Å²) < 4.78 is 40.8. The molecule has 0 radical (unpaired) electrons. The Kier molecular flexibility index (Phi) is 9.29. The van der Waals surface area contributed by atoms with Crippen molar-refractivity contribution in [2.24, 2.45) is 0 Å². The van der Waals surface area contributed by atoms with Crippen molar-refractivity contribution in [3.8, 4) is 6.07 Å². The molecule has 2 aliphatic rings. The molecule has 0 aliphatic carbocycles. The molecule has 0 atom stereocenters. The predicted octanol–water partition coefficient (Wildman–Crippen LogP) is 5.94. The zero-order valence-electron chi connectivity index (χ0n) is 26.3. The summed E-state index contributed by atoms with van der Waals surface area (Å²) in [7, 11) is 0. The lowest BCUT2D eigenvalue weighted by molar-refractivity contribution is -0.130. The van der Waals surface area contributed by atoms with E-state index in [4.69, 9.17) is 0 Å². The van der Waals surface area contributed by atoms with Gasteiger partial charge in [-0.05, 0) is 74.4 Å². The Hall–Kier alpha value is -3.99. The highest BCUT2D eigenvalue weighted by Crippen LogP contribution is 2.34. The number of alkyl halides is 3. The Morgan fingerprint density at radius 1 is 1.19 bits per heavy atom. The average molecular weight is 666 g/mol. The minimum Gasteiger partial charge on any atom is -0.390 e. The van der Waals surface area contributed by atoms with E-state index in [2.05, 4.69) is 51.9 Å². The molecule has 5 heterocycles. The van der Waals surface area contributed by atoms with Crippen molar-refractivity contribution in [3.63, 3.8) is 0 Å². The summed E-state index contributed by atoms with van der Waals surface area (Å²) in [6, 6.07) is 10.2. The minimum atomic E-state index is -4.27. The number of rotatable bonds is 9. The SMILES string of the molecule is C=CC(=O)N1CCC(O)(CCn2c(C#N)cc3c(C)c(CN4CCC(Nc5ncnc6sc(CC(F)(F)F)cc56)CC4)ccc32)CC1. The Morgan fingerprint density at radius 3 is 2.62 bits per heavy atom. The number of hydrogen-bond donors (Lipinski definition) is 2. The van der Waals surface area contributed by atoms with E-state index in [1.807, 2.05) is 10.6 Å². The number of nitrogens with one attached hydrogen (secondary N) is 1. The van der Waals surface area contributed by atoms with Crippen molar-refractivity contribution in [2.45, 2.75) is 76.4 Å². The molecule has 3 aromatic heterocycles. The zero-order valence-corrected chi connectivity index (χ0v) is 27.1. The van der Waals surface area contributed by atoms with Crippen molar-refractivity contribution in [1.82, 2.24) is 24.3 Å². The van der Waals surface area contributed by atoms with Gasteiger partial charge in [-0.1, -0.05) is 12.6 Å². The Morgan fingerprint density at radius 2 is 1.94 bits per heavy atom. The van der Waals surface area contributed by atoms with Crippen molar-refractivity contribution in [2.75, 3.05) is 31.5 Å². The lowest BCUT2D eigenvalue weighted by Gasteiger charge is -2.38. The maximum Gasteiger partial charge on any atom is 0.393 e. The molecule has 0 unspecified atom stereocenters. The average Bonchev–Trinajstić information content (AvgIpc) is 3.62. The van der Waals surface area contributed by atoms with Crippen molar-refractivity contribution < 1.29 is 23.1 Å². The van der Waals surface area contributed by atoms with Crippen molar-refractivity contribution >= 4 is 44.2 Å². The summed E-state index contributed by atoms with van der Waals surface area (Å²) in [6.45, 7) is 9.59. The second-order valence-electron chi connectivity index (χ2n) is 12.7. The molecule has 13 heteroatoms. The third kappa shape index (κ3) is 7.30. The molecule has 1 amide bonds. The molecular weight excluding hydrogens is 627 g/mol. The number of carbonyl (C=O) groups excluding carboxylic acids is 1. The van der Waals surface area contributed by atoms with Crippen LogP contribution in [-0.2, 0) is 24.3 Å². The fourth-order valence-corrected chi connectivity index (χ4v) is 7.87. The van der Waals surface area contributed by atoms with E-state index in [0.717, 1.165) is 60.3 Å². The van der Waals surface area contributed by atoms with Crippen molar-refractivity contribution in [1.29, 1.82) is 5.26 Å². The van der Waals surface area contributed by atoms with Crippen LogP contribution in [0, 0.1) is 18.3 Å². The fourth-order valence-electron chi connectivity index (χ4n) is 6.84. The molecule has 2 saturated heterocycles. The molecule has 2 fully saturated rings. The Balaban J connectivity index is 1.08. The number of aromatic nitrogens is 3. The van der Waals surface area contributed by atoms with E-state index in [1.165, 1.54) is 18.0 Å². The maximum absolute atomic E-state index is 12.9. The number of amides is 1. The van der Waals surface area contributed by atoms with Gasteiger partial charge >= 0.3 is 6.18 Å². The van der Waals surface area contributed by atoms with Gasteiger partial charge in [0.1, 0.15) is 28.7 Å². The summed E-state index contributed by atoms with van der Waals surface area (Å²) in [4.78, 5) is 25.3. The highest BCUT2D eigenvalue weighted by molar-refractivity contribution is 7.18. The predicted molar refractivity (Wildman–Crippen MR) is 176 cm³/mol. The van der Waals surface area contributed by atoms with Gasteiger partial charge in [0.25, 0.3) is 0 Å². The second kappa shape index (κ2) is 13.3. The number of carbonyl (C=O) groups is 1. The third-order valence-corrected chi connectivity index (χ3v) is 10.7. The highest BCUT2D eigenvalue weighted by Gasteiger charge is 2.34. The van der Waals surface area contributed by atoms with Crippen LogP contribution in [0.2, 0.25) is 0 Å². The van der Waals surface area contributed by atoms with Crippen LogP contribution in [0.15, 0.2) is 43.2 Å². The molecule has 0 saturated carbocycles. The first-order valence-corrected chi connectivity index (χ1v) is 16.7. The number of likely N-dealkylation sites (tertiary alicyclic amines) is 2. The number of anilines is 1. The molecule has 0 bridgehead atoms. The van der Waals surface area contributed by atoms with Crippen molar-refractivity contribution in [3.05, 3.63) is 64.9 Å². The van der Waals surface area contributed by atoms with Crippen LogP contribution >= 0.6 is 11.3 Å². The van der Waals surface area contributed by atoms with E-state index < -0.39 is 18.2 Å². The molecule has 9 nitrogen and oxygen atoms in total. The topological polar surface area (TPSA) is 110 Å². The van der Waals surface area contributed by atoms with Crippen LogP contribution in [0.5, 0.6) is 0 Å². The van der Waals surface area contributed by atoms with Gasteiger partial charge < -0.3 is 19.9 Å². The van der Waals surface area contributed by atoms with Crippen LogP contribution in [0.1, 0.15) is 53.8 Å². The summed E-state index contributed by atoms with van der Waals surface area (Å²) in [5.74, 6) is 0.464. The van der Waals surface area contributed by atoms with E-state index in [-0.39, 0.29) is 16.8 Å². The molecule has 6 rings (SSSR count). The number of aryl methyl sites for hydroxylation is 2. The van der Waals surface area contributed by atoms with Gasteiger partial charge in [-0.15, -0.1) is 11.3 Å². The number of piperidine rings is 2. The van der Waals surface area contributed by atoms with Crippen LogP contribution in [0.3, 0.4) is 0 Å². The van der Waals surface area contributed by atoms with Gasteiger partial charge in [-0.25, -0.2) is 9.97 Å². The van der Waals surface area contributed by atoms with Gasteiger partial charge in [-0.2, -0.15) is 18.4 Å². The summed E-state index contributed by atoms with van der Waals surface area (Å²) >= 11 is 1.05. The smallest absolute Gasteiger partial charge is 0.390 e. The molecule has 2 aliphatic heterocycles. The van der Waals surface area contributed by atoms with E-state index in [0.29, 0.717) is 60.6 Å². The lowest BCUT2D eigenvalue weighted by atomic mass is 9.88. The maximum atomic E-state index is 12.9. The molecule has 47 heavy (non-hydrogen) atoms. The second-order valence-corrected chi connectivity index (χ2v) is 13.8. The lowest BCUT2D eigenvalue weighted by Crippen LogP contribution is -2.46. The minimum absolute atomic E-state index is 0.117. The number of benzene rings is 1. The molecule has 2 N–H and O–H groups in total. The van der Waals surface area contributed by atoms with Crippen LogP contribution in [-0.4, -0.2) is 79.3 Å². The van der Waals surface area contributed by atoms with Gasteiger partial charge in [-0.3, -0.25) is 9.69 Å². The molecule has 4 aromatic rings. The third-order valence-electron chi connectivity index (χ3n) is 9.64. The molecule has 0 spiro atoms. The Labute approximate surface area is 275 Å². The monoisotopic (exact) mass is 665 g/mol. The molecular formula is C34H38F3N7O2S. The summed E-state index contributed by atoms with van der Waals surface area (Å²) in [5.41, 5.74) is 2.96. The highest BCUT2D eigenvalue weighted by atomic mass is 32.1. The largest absolute Gasteiger partial charge is 0.393 e. The first-order chi connectivity index (χ1) is 22.4. The number of hydrogen-bond acceptors (Lipinski definition) is 8. The number of thiophene rings is 1. The first-order valence-electron chi connectivity index (χ1n) is 15.9. The van der Waals surface area contributed by atoms with Gasteiger partial charge in [0.05, 0.1) is 17.4 Å². The number of nitriles is 1. The number of aliphatic hydroxyl groups is 1. The van der Waals surface area contributed by atoms with Crippen LogP contribution in [0.25, 0.3) is 21.1 Å². The number of halogens is 3. The first kappa shape index (κ1) is 32.9. The zero-order chi connectivity index (χ0) is 33.3. The molecule has 248 valence electrons. The number of fused-ring (bicyclic) bond motifs is 2. The van der Waals surface area contributed by atoms with Gasteiger partial charge in [0.15, 0.2) is 0 Å². The Bertz CT molecular complexity index is 1830. The van der Waals surface area contributed by atoms with Gasteiger partial charge in [0.2, 0.25) is 5.91 Å². The quantitative estimate of drug-likeness (QED) is 0.213. The van der Waals surface area contributed by atoms with Crippen LogP contribution in [0.4, 0.5) is 19.0 Å². The number of nitrogens with zero attached hydrogens (tertiary/aromatic N) is 6. The summed E-state index contributed by atoms with van der Waals surface area (Å²) in [5, 5.41) is 26.3. The van der Waals surface area contributed by atoms with E-state index in [1.54, 1.807) is 11.0 Å². The fraction of sp³-hybridized carbons (Fsp3) is 0.471. The van der Waals surface area contributed by atoms with E-state index in [9.17, 15) is 28.3 Å². The summed E-state index contributed by atoms with van der Waals surface area (Å²) in [6.07, 6.45) is 0.669. The van der Waals surface area contributed by atoms with E-state index >= 15 is 0 Å². The normalized spacial score (nSPS) is 17.7. The standard InChI is InChI=1S/C34H38F3N7O2S/c1-3-30(45)43-13-8-33(46,9-14-43)10-15-44-25(19-38)16-27-22(2)23(4-5-29(27)44)20-42-11-6-24(7-12-42)41-31-28-17-26(18-34(35,36)37)47-32(28)40-21-39-31/h3-5,16-17,21,24,46H,1,6-15,18,20H2,2H3,(H,39,40,41). The van der Waals surface area contributed by atoms with Gasteiger partial charge in [0, 0.05) is 61.1 Å². The van der Waals surface area contributed by atoms with Crippen LogP contribution < -0.4 is 5.32 Å².